The van der Waals surface area contributed by atoms with Gasteiger partial charge in [-0.1, -0.05) is 30.3 Å². The van der Waals surface area contributed by atoms with Crippen molar-refractivity contribution >= 4 is 24.3 Å². The molecule has 3 rings (SSSR count). The summed E-state index contributed by atoms with van der Waals surface area (Å²) in [4.78, 5) is 27.4. The summed E-state index contributed by atoms with van der Waals surface area (Å²) in [5.41, 5.74) is 12.8. The second-order valence-corrected chi connectivity index (χ2v) is 6.11. The fraction of sp³-hybridized carbons (Fsp3) is 0.500. The summed E-state index contributed by atoms with van der Waals surface area (Å²) in [5.74, 6) is 0.124. The van der Waals surface area contributed by atoms with Crippen LogP contribution in [0.5, 0.6) is 0 Å². The third-order valence-electron chi connectivity index (χ3n) is 4.73. The van der Waals surface area contributed by atoms with Crippen LogP contribution in [0.25, 0.3) is 0 Å². The fourth-order valence-electron chi connectivity index (χ4n) is 3.56. The van der Waals surface area contributed by atoms with Crippen molar-refractivity contribution in [1.29, 1.82) is 0 Å². The zero-order chi connectivity index (χ0) is 15.7. The van der Waals surface area contributed by atoms with E-state index in [4.69, 9.17) is 11.5 Å². The monoisotopic (exact) mass is 338 g/mol. The number of hydrogen-bond acceptors (Lipinski definition) is 3. The second kappa shape index (κ2) is 7.19. The number of urea groups is 1. The summed E-state index contributed by atoms with van der Waals surface area (Å²) in [6.45, 7) is 1.70. The minimum Gasteiger partial charge on any atom is -0.351 e. The quantitative estimate of drug-likeness (QED) is 0.839. The summed E-state index contributed by atoms with van der Waals surface area (Å²) in [7, 11) is 0. The van der Waals surface area contributed by atoms with Crippen LogP contribution in [-0.2, 0) is 4.79 Å². The highest BCUT2D eigenvalue weighted by atomic mass is 35.5. The Morgan fingerprint density at radius 3 is 2.48 bits per heavy atom. The van der Waals surface area contributed by atoms with Crippen molar-refractivity contribution in [3.63, 3.8) is 0 Å². The molecule has 2 saturated heterocycles. The number of carbonyl (C=O) groups is 2. The number of carbonyl (C=O) groups excluding carboxylic acids is 2. The molecule has 0 aromatic heterocycles. The van der Waals surface area contributed by atoms with E-state index in [0.717, 1.165) is 12.0 Å². The van der Waals surface area contributed by atoms with Gasteiger partial charge in [0, 0.05) is 31.6 Å². The van der Waals surface area contributed by atoms with Crippen molar-refractivity contribution in [2.24, 2.45) is 11.5 Å². The molecule has 1 aromatic rings. The molecule has 0 aliphatic carbocycles. The number of halogens is 1. The molecule has 2 heterocycles. The minimum atomic E-state index is -0.515. The molecule has 0 radical (unpaired) electrons. The summed E-state index contributed by atoms with van der Waals surface area (Å²) >= 11 is 0. The second-order valence-electron chi connectivity index (χ2n) is 6.11. The summed E-state index contributed by atoms with van der Waals surface area (Å²) in [6, 6.07) is 9.02. The van der Waals surface area contributed by atoms with Crippen molar-refractivity contribution < 1.29 is 9.59 Å². The zero-order valence-electron chi connectivity index (χ0n) is 12.9. The summed E-state index contributed by atoms with van der Waals surface area (Å²) in [5, 5.41) is 0. The third kappa shape index (κ3) is 3.43. The highest BCUT2D eigenvalue weighted by Gasteiger charge is 2.40. The first-order valence-electron chi connectivity index (χ1n) is 7.73. The van der Waals surface area contributed by atoms with Gasteiger partial charge in [0.2, 0.25) is 5.91 Å². The zero-order valence-corrected chi connectivity index (χ0v) is 13.7. The van der Waals surface area contributed by atoms with Gasteiger partial charge >= 0.3 is 6.03 Å². The molecule has 0 unspecified atom stereocenters. The lowest BCUT2D eigenvalue weighted by Crippen LogP contribution is -2.49. The fourth-order valence-corrected chi connectivity index (χ4v) is 3.56. The smallest absolute Gasteiger partial charge is 0.315 e. The lowest BCUT2D eigenvalue weighted by molar-refractivity contribution is -0.134. The van der Waals surface area contributed by atoms with Crippen molar-refractivity contribution in [3.8, 4) is 0 Å². The van der Waals surface area contributed by atoms with Gasteiger partial charge in [0.05, 0.1) is 0 Å². The Bertz CT molecular complexity index is 568. The third-order valence-corrected chi connectivity index (χ3v) is 4.73. The van der Waals surface area contributed by atoms with Crippen LogP contribution >= 0.6 is 12.4 Å². The van der Waals surface area contributed by atoms with E-state index in [9.17, 15) is 9.59 Å². The molecule has 126 valence electrons. The lowest BCUT2D eigenvalue weighted by Gasteiger charge is -2.26. The molecule has 4 N–H and O–H groups in total. The highest BCUT2D eigenvalue weighted by Crippen LogP contribution is 2.28. The normalized spacial score (nSPS) is 26.9. The van der Waals surface area contributed by atoms with Crippen LogP contribution in [0.3, 0.4) is 0 Å². The Balaban J connectivity index is 0.00000192. The van der Waals surface area contributed by atoms with E-state index in [0.29, 0.717) is 26.1 Å². The van der Waals surface area contributed by atoms with Gasteiger partial charge < -0.3 is 21.3 Å². The van der Waals surface area contributed by atoms with Gasteiger partial charge in [-0.2, -0.15) is 0 Å². The molecule has 0 bridgehead atoms. The van der Waals surface area contributed by atoms with E-state index in [1.54, 1.807) is 4.90 Å². The molecule has 3 amide bonds. The van der Waals surface area contributed by atoms with Crippen molar-refractivity contribution in [1.82, 2.24) is 9.80 Å². The maximum Gasteiger partial charge on any atom is 0.315 e. The molecule has 2 aliphatic rings. The van der Waals surface area contributed by atoms with Crippen LogP contribution in [0, 0.1) is 0 Å². The molecule has 1 aromatic carbocycles. The topological polar surface area (TPSA) is 92.7 Å². The van der Waals surface area contributed by atoms with Gasteiger partial charge in [0.15, 0.2) is 0 Å². The van der Waals surface area contributed by atoms with E-state index in [1.165, 1.54) is 4.90 Å². The van der Waals surface area contributed by atoms with Crippen molar-refractivity contribution in [2.75, 3.05) is 19.6 Å². The average molecular weight is 339 g/mol. The predicted molar refractivity (Wildman–Crippen MR) is 90.3 cm³/mol. The Kier molecular flexibility index (Phi) is 5.49. The molecule has 6 nitrogen and oxygen atoms in total. The van der Waals surface area contributed by atoms with E-state index in [2.05, 4.69) is 0 Å². The average Bonchev–Trinajstić information content (AvgIpc) is 3.14. The number of primary amides is 1. The van der Waals surface area contributed by atoms with Crippen molar-refractivity contribution in [2.45, 2.75) is 30.8 Å². The van der Waals surface area contributed by atoms with Crippen molar-refractivity contribution in [3.05, 3.63) is 35.9 Å². The maximum atomic E-state index is 12.7. The van der Waals surface area contributed by atoms with Crippen LogP contribution in [0.1, 0.15) is 24.3 Å². The number of amides is 3. The van der Waals surface area contributed by atoms with E-state index >= 15 is 0 Å². The van der Waals surface area contributed by atoms with E-state index in [-0.39, 0.29) is 30.3 Å². The van der Waals surface area contributed by atoms with E-state index < -0.39 is 12.1 Å². The first-order chi connectivity index (χ1) is 10.6. The van der Waals surface area contributed by atoms with Crippen LogP contribution in [0.4, 0.5) is 4.79 Å². The standard InChI is InChI=1S/C16H22N4O2.ClH/c17-13-10-19(9-12(13)11-5-2-1-3-6-11)15(21)14-7-4-8-20(14)16(18)22;/h1-3,5-6,12-14H,4,7-10,17H2,(H2,18,22);1H/t12-,13+,14-;/m0./s1. The van der Waals surface area contributed by atoms with Gasteiger partial charge in [-0.05, 0) is 18.4 Å². The molecular weight excluding hydrogens is 316 g/mol. The predicted octanol–water partition coefficient (Wildman–Crippen LogP) is 0.905. The van der Waals surface area contributed by atoms with Gasteiger partial charge in [0.1, 0.15) is 6.04 Å². The first-order valence-corrected chi connectivity index (χ1v) is 7.73. The lowest BCUT2D eigenvalue weighted by atomic mass is 9.95. The Morgan fingerprint density at radius 1 is 1.13 bits per heavy atom. The van der Waals surface area contributed by atoms with Crippen LogP contribution in [-0.4, -0.2) is 53.5 Å². The minimum absolute atomic E-state index is 0. The number of nitrogens with two attached hydrogens (primary N) is 2. The molecule has 2 aliphatic heterocycles. The summed E-state index contributed by atoms with van der Waals surface area (Å²) in [6.07, 6.45) is 1.50. The van der Waals surface area contributed by atoms with Gasteiger partial charge in [-0.25, -0.2) is 4.79 Å². The van der Waals surface area contributed by atoms with Crippen LogP contribution < -0.4 is 11.5 Å². The Labute approximate surface area is 142 Å². The Morgan fingerprint density at radius 2 is 1.83 bits per heavy atom. The molecule has 23 heavy (non-hydrogen) atoms. The number of likely N-dealkylation sites (tertiary alicyclic amines) is 2. The van der Waals surface area contributed by atoms with Gasteiger partial charge in [-0.15, -0.1) is 12.4 Å². The molecule has 7 heteroatoms. The summed E-state index contributed by atoms with van der Waals surface area (Å²) < 4.78 is 0. The van der Waals surface area contributed by atoms with Gasteiger partial charge in [0.25, 0.3) is 0 Å². The van der Waals surface area contributed by atoms with Crippen LogP contribution in [0.2, 0.25) is 0 Å². The number of hydrogen-bond donors (Lipinski definition) is 2. The SMILES string of the molecule is Cl.NC(=O)N1CCC[C@H]1C(=O)N1C[C@@H](N)[C@H](c2ccccc2)C1. The number of benzene rings is 1. The number of rotatable bonds is 2. The largest absolute Gasteiger partial charge is 0.351 e. The molecule has 2 fully saturated rings. The van der Waals surface area contributed by atoms with Gasteiger partial charge in [-0.3, -0.25) is 4.79 Å². The Hall–Kier alpha value is -1.79. The maximum absolute atomic E-state index is 12.7. The molecule has 0 spiro atoms. The molecular formula is C16H23ClN4O2. The number of nitrogens with zero attached hydrogens (tertiary/aromatic N) is 2. The molecule has 0 saturated carbocycles. The van der Waals surface area contributed by atoms with E-state index in [1.807, 2.05) is 30.3 Å². The highest BCUT2D eigenvalue weighted by molar-refractivity contribution is 5.87. The first kappa shape index (κ1) is 17.6. The van der Waals surface area contributed by atoms with Crippen LogP contribution in [0.15, 0.2) is 30.3 Å². The molecule has 3 atom stereocenters.